The van der Waals surface area contributed by atoms with Gasteiger partial charge in [0.15, 0.2) is 0 Å². The van der Waals surface area contributed by atoms with Gasteiger partial charge in [0.05, 0.1) is 16.8 Å². The molecule has 0 radical (unpaired) electrons. The minimum atomic E-state index is 0.136. The Hall–Kier alpha value is -1.26. The summed E-state index contributed by atoms with van der Waals surface area (Å²) in [5.41, 5.74) is 7.22. The summed E-state index contributed by atoms with van der Waals surface area (Å²) in [5.74, 6) is 0. The van der Waals surface area contributed by atoms with Gasteiger partial charge >= 0.3 is 0 Å². The number of hydrogen-bond acceptors (Lipinski definition) is 4. The molecule has 0 saturated carbocycles. The average Bonchev–Trinajstić information content (AvgIpc) is 2.81. The van der Waals surface area contributed by atoms with Crippen LogP contribution in [0.2, 0.25) is 5.02 Å². The molecule has 0 aliphatic heterocycles. The number of nitrogens with zero attached hydrogens (tertiary/aromatic N) is 1. The first-order valence-electron chi connectivity index (χ1n) is 5.86. The number of aryl methyl sites for hydroxylation is 1. The second kappa shape index (κ2) is 5.59. The molecule has 2 aromatic rings. The lowest BCUT2D eigenvalue weighted by Crippen LogP contribution is -2.06. The highest BCUT2D eigenvalue weighted by atomic mass is 35.5. The Labute approximate surface area is 116 Å². The predicted octanol–water partition coefficient (Wildman–Crippen LogP) is 4.11. The number of aromatic nitrogens is 1. The molecule has 1 heterocycles. The highest BCUT2D eigenvalue weighted by Gasteiger charge is 2.11. The maximum atomic E-state index is 6.13. The summed E-state index contributed by atoms with van der Waals surface area (Å²) in [6.45, 7) is 4.21. The number of halogens is 1. The van der Waals surface area contributed by atoms with Crippen LogP contribution in [0.25, 0.3) is 0 Å². The molecule has 5 heteroatoms. The molecule has 1 unspecified atom stereocenters. The highest BCUT2D eigenvalue weighted by Crippen LogP contribution is 2.29. The van der Waals surface area contributed by atoms with E-state index in [1.54, 1.807) is 17.4 Å². The molecule has 0 fully saturated rings. The zero-order valence-electron chi connectivity index (χ0n) is 10.4. The lowest BCUT2D eigenvalue weighted by molar-refractivity contribution is 0.869. The smallest absolute Gasteiger partial charge is 0.115 e. The molecular weight excluding hydrogens is 266 g/mol. The van der Waals surface area contributed by atoms with Gasteiger partial charge in [0.2, 0.25) is 0 Å². The van der Waals surface area contributed by atoms with Crippen molar-refractivity contribution in [1.29, 1.82) is 0 Å². The van der Waals surface area contributed by atoms with Gasteiger partial charge in [-0.15, -0.1) is 11.3 Å². The summed E-state index contributed by atoms with van der Waals surface area (Å²) in [4.78, 5) is 5.71. The fourth-order valence-electron chi connectivity index (χ4n) is 1.63. The molecule has 2 rings (SSSR count). The SMILES string of the molecule is CCc1cnc(C(C)Nc2ccc(N)cc2Cl)s1. The van der Waals surface area contributed by atoms with Gasteiger partial charge in [-0.1, -0.05) is 18.5 Å². The number of rotatable bonds is 4. The van der Waals surface area contributed by atoms with Gasteiger partial charge < -0.3 is 11.1 Å². The van der Waals surface area contributed by atoms with E-state index in [-0.39, 0.29) is 6.04 Å². The van der Waals surface area contributed by atoms with Crippen LogP contribution in [0.1, 0.15) is 29.8 Å². The van der Waals surface area contributed by atoms with Gasteiger partial charge in [-0.05, 0) is 31.5 Å². The molecule has 0 bridgehead atoms. The van der Waals surface area contributed by atoms with Crippen LogP contribution in [-0.4, -0.2) is 4.98 Å². The number of nitrogen functional groups attached to an aromatic ring is 1. The van der Waals surface area contributed by atoms with Gasteiger partial charge in [-0.2, -0.15) is 0 Å². The minimum Gasteiger partial charge on any atom is -0.399 e. The summed E-state index contributed by atoms with van der Waals surface area (Å²) in [5, 5.41) is 5.05. The summed E-state index contributed by atoms with van der Waals surface area (Å²) in [6.07, 6.45) is 2.95. The standard InChI is InChI=1S/C13H16ClN3S/c1-3-10-7-16-13(18-10)8(2)17-12-5-4-9(15)6-11(12)14/h4-8,17H,3,15H2,1-2H3. The van der Waals surface area contributed by atoms with Gasteiger partial charge in [0, 0.05) is 16.8 Å². The summed E-state index contributed by atoms with van der Waals surface area (Å²) in [6, 6.07) is 5.61. The van der Waals surface area contributed by atoms with Crippen molar-refractivity contribution in [3.8, 4) is 0 Å². The van der Waals surface area contributed by atoms with E-state index in [2.05, 4.69) is 24.1 Å². The Morgan fingerprint density at radius 1 is 1.50 bits per heavy atom. The number of thiazole rings is 1. The average molecular weight is 282 g/mol. The fraction of sp³-hybridized carbons (Fsp3) is 0.308. The Morgan fingerprint density at radius 3 is 2.89 bits per heavy atom. The highest BCUT2D eigenvalue weighted by molar-refractivity contribution is 7.11. The van der Waals surface area contributed by atoms with Crippen LogP contribution in [0.3, 0.4) is 0 Å². The van der Waals surface area contributed by atoms with E-state index in [1.807, 2.05) is 18.3 Å². The third-order valence-electron chi connectivity index (χ3n) is 2.66. The molecule has 1 aromatic carbocycles. The zero-order chi connectivity index (χ0) is 13.1. The Bertz CT molecular complexity index is 539. The minimum absolute atomic E-state index is 0.136. The first kappa shape index (κ1) is 13.2. The quantitative estimate of drug-likeness (QED) is 0.829. The normalized spacial score (nSPS) is 12.4. The van der Waals surface area contributed by atoms with Crippen LogP contribution in [0.5, 0.6) is 0 Å². The van der Waals surface area contributed by atoms with Crippen molar-refractivity contribution in [2.45, 2.75) is 26.3 Å². The first-order chi connectivity index (χ1) is 8.60. The van der Waals surface area contributed by atoms with Crippen LogP contribution in [-0.2, 0) is 6.42 Å². The summed E-state index contributed by atoms with van der Waals surface area (Å²) >= 11 is 7.86. The van der Waals surface area contributed by atoms with Crippen molar-refractivity contribution in [2.75, 3.05) is 11.1 Å². The molecule has 18 heavy (non-hydrogen) atoms. The van der Waals surface area contributed by atoms with Gasteiger partial charge in [0.1, 0.15) is 5.01 Å². The number of nitrogens with one attached hydrogen (secondary N) is 1. The second-order valence-corrected chi connectivity index (χ2v) is 5.68. The fourth-order valence-corrected chi connectivity index (χ4v) is 2.73. The lowest BCUT2D eigenvalue weighted by atomic mass is 10.2. The zero-order valence-corrected chi connectivity index (χ0v) is 12.0. The van der Waals surface area contributed by atoms with Crippen LogP contribution in [0.4, 0.5) is 11.4 Å². The summed E-state index contributed by atoms with van der Waals surface area (Å²) in [7, 11) is 0. The van der Waals surface area contributed by atoms with Crippen LogP contribution in [0, 0.1) is 0 Å². The van der Waals surface area contributed by atoms with E-state index < -0.39 is 0 Å². The molecule has 0 aliphatic carbocycles. The Balaban J connectivity index is 2.13. The maximum absolute atomic E-state index is 6.13. The molecule has 1 atom stereocenters. The molecule has 0 amide bonds. The predicted molar refractivity (Wildman–Crippen MR) is 79.4 cm³/mol. The van der Waals surface area contributed by atoms with Gasteiger partial charge in [-0.25, -0.2) is 4.98 Å². The van der Waals surface area contributed by atoms with E-state index in [0.717, 1.165) is 17.1 Å². The third-order valence-corrected chi connectivity index (χ3v) is 4.29. The number of benzene rings is 1. The Kier molecular flexibility index (Phi) is 4.09. The van der Waals surface area contributed by atoms with Crippen molar-refractivity contribution in [2.24, 2.45) is 0 Å². The topological polar surface area (TPSA) is 50.9 Å². The van der Waals surface area contributed by atoms with E-state index >= 15 is 0 Å². The first-order valence-corrected chi connectivity index (χ1v) is 7.05. The maximum Gasteiger partial charge on any atom is 0.115 e. The number of hydrogen-bond donors (Lipinski definition) is 2. The molecule has 3 nitrogen and oxygen atoms in total. The van der Waals surface area contributed by atoms with E-state index in [9.17, 15) is 0 Å². The summed E-state index contributed by atoms with van der Waals surface area (Å²) < 4.78 is 0. The molecule has 96 valence electrons. The van der Waals surface area contributed by atoms with E-state index in [1.165, 1.54) is 4.88 Å². The van der Waals surface area contributed by atoms with E-state index in [0.29, 0.717) is 10.7 Å². The van der Waals surface area contributed by atoms with Crippen LogP contribution >= 0.6 is 22.9 Å². The largest absolute Gasteiger partial charge is 0.399 e. The molecule has 3 N–H and O–H groups in total. The molecular formula is C13H16ClN3S. The molecule has 0 aliphatic rings. The van der Waals surface area contributed by atoms with Crippen molar-refractivity contribution in [3.05, 3.63) is 39.3 Å². The second-order valence-electron chi connectivity index (χ2n) is 4.12. The number of anilines is 2. The van der Waals surface area contributed by atoms with Crippen molar-refractivity contribution >= 4 is 34.3 Å². The van der Waals surface area contributed by atoms with Crippen LogP contribution in [0.15, 0.2) is 24.4 Å². The third kappa shape index (κ3) is 2.94. The monoisotopic (exact) mass is 281 g/mol. The molecule has 0 saturated heterocycles. The van der Waals surface area contributed by atoms with E-state index in [4.69, 9.17) is 17.3 Å². The lowest BCUT2D eigenvalue weighted by Gasteiger charge is -2.14. The number of nitrogens with two attached hydrogens (primary N) is 1. The molecule has 0 spiro atoms. The van der Waals surface area contributed by atoms with Crippen molar-refractivity contribution in [3.63, 3.8) is 0 Å². The van der Waals surface area contributed by atoms with Crippen LogP contribution < -0.4 is 11.1 Å². The van der Waals surface area contributed by atoms with Gasteiger partial charge in [-0.3, -0.25) is 0 Å². The van der Waals surface area contributed by atoms with Crippen molar-refractivity contribution in [1.82, 2.24) is 4.98 Å². The Morgan fingerprint density at radius 2 is 2.28 bits per heavy atom. The molecule has 1 aromatic heterocycles. The van der Waals surface area contributed by atoms with Crippen molar-refractivity contribution < 1.29 is 0 Å². The van der Waals surface area contributed by atoms with Gasteiger partial charge in [0.25, 0.3) is 0 Å².